The van der Waals surface area contributed by atoms with E-state index >= 15 is 0 Å². The fourth-order valence-corrected chi connectivity index (χ4v) is 1.45. The zero-order chi connectivity index (χ0) is 11.0. The highest BCUT2D eigenvalue weighted by molar-refractivity contribution is 4.91. The summed E-state index contributed by atoms with van der Waals surface area (Å²) in [4.78, 5) is 0. The fourth-order valence-electron chi connectivity index (χ4n) is 1.45. The van der Waals surface area contributed by atoms with Gasteiger partial charge in [-0.25, -0.2) is 0 Å². The predicted octanol–water partition coefficient (Wildman–Crippen LogP) is 2.18. The largest absolute Gasteiger partial charge is 0.320 e. The molecule has 0 saturated carbocycles. The molecular weight excluding hydrogens is 172 g/mol. The van der Waals surface area contributed by atoms with E-state index in [1.807, 2.05) is 7.05 Å². The van der Waals surface area contributed by atoms with Crippen LogP contribution < -0.4 is 10.6 Å². The first kappa shape index (κ1) is 13.7. The normalized spacial score (nSPS) is 11.7. The molecule has 84 valence electrons. The molecule has 0 saturated heterocycles. The van der Waals surface area contributed by atoms with Crippen molar-refractivity contribution in [3.63, 3.8) is 0 Å². The van der Waals surface area contributed by atoms with Gasteiger partial charge in [0.25, 0.3) is 0 Å². The second-order valence-electron chi connectivity index (χ2n) is 4.93. The van der Waals surface area contributed by atoms with Crippen molar-refractivity contribution in [1.82, 2.24) is 10.6 Å². The van der Waals surface area contributed by atoms with Crippen LogP contribution in [0, 0.1) is 5.41 Å². The highest BCUT2D eigenvalue weighted by Crippen LogP contribution is 2.20. The van der Waals surface area contributed by atoms with E-state index in [0.717, 1.165) is 19.6 Å². The molecule has 2 N–H and O–H groups in total. The van der Waals surface area contributed by atoms with Crippen LogP contribution in [0.25, 0.3) is 0 Å². The Bertz CT molecular complexity index is 162. The molecule has 0 amide bonds. The molecule has 0 aliphatic rings. The third kappa shape index (κ3) is 8.27. The number of hydrogen-bond donors (Lipinski definition) is 2. The Kier molecular flexibility index (Phi) is 6.85. The molecule has 0 aromatic rings. The lowest BCUT2D eigenvalue weighted by Crippen LogP contribution is -2.31. The van der Waals surface area contributed by atoms with E-state index in [0.29, 0.717) is 5.41 Å². The third-order valence-electron chi connectivity index (χ3n) is 2.31. The Morgan fingerprint density at radius 2 is 2.00 bits per heavy atom. The molecule has 0 atom stereocenters. The van der Waals surface area contributed by atoms with Gasteiger partial charge >= 0.3 is 0 Å². The van der Waals surface area contributed by atoms with Gasteiger partial charge < -0.3 is 10.6 Å². The Morgan fingerprint density at radius 3 is 2.50 bits per heavy atom. The molecule has 0 radical (unpaired) electrons. The van der Waals surface area contributed by atoms with Gasteiger partial charge in [-0.1, -0.05) is 26.0 Å². The van der Waals surface area contributed by atoms with E-state index in [9.17, 15) is 0 Å². The van der Waals surface area contributed by atoms with E-state index in [-0.39, 0.29) is 0 Å². The van der Waals surface area contributed by atoms with Crippen molar-refractivity contribution in [3.05, 3.63) is 12.2 Å². The van der Waals surface area contributed by atoms with Crippen LogP contribution >= 0.6 is 0 Å². The molecule has 0 aliphatic carbocycles. The number of hydrogen-bond acceptors (Lipinski definition) is 2. The first-order chi connectivity index (χ1) is 6.48. The molecular formula is C12H26N2. The van der Waals surface area contributed by atoms with Crippen molar-refractivity contribution in [3.8, 4) is 0 Å². The average molecular weight is 198 g/mol. The van der Waals surface area contributed by atoms with Crippen LogP contribution in [0.15, 0.2) is 12.2 Å². The topological polar surface area (TPSA) is 24.1 Å². The molecule has 0 aromatic heterocycles. The van der Waals surface area contributed by atoms with Crippen LogP contribution in [0.3, 0.4) is 0 Å². The van der Waals surface area contributed by atoms with E-state index in [2.05, 4.69) is 38.0 Å². The van der Waals surface area contributed by atoms with Gasteiger partial charge in [0.15, 0.2) is 0 Å². The lowest BCUT2D eigenvalue weighted by atomic mass is 9.87. The van der Waals surface area contributed by atoms with Gasteiger partial charge in [0.2, 0.25) is 0 Å². The maximum Gasteiger partial charge on any atom is 0.0159 e. The van der Waals surface area contributed by atoms with E-state index in [4.69, 9.17) is 0 Å². The summed E-state index contributed by atoms with van der Waals surface area (Å²) in [6, 6.07) is 0. The van der Waals surface area contributed by atoms with Crippen LogP contribution in [0.5, 0.6) is 0 Å². The summed E-state index contributed by atoms with van der Waals surface area (Å²) in [5, 5.41) is 6.61. The predicted molar refractivity (Wildman–Crippen MR) is 64.6 cm³/mol. The summed E-state index contributed by atoms with van der Waals surface area (Å²) in [5.41, 5.74) is 1.60. The molecule has 0 bridgehead atoms. The second kappa shape index (κ2) is 7.02. The van der Waals surface area contributed by atoms with Gasteiger partial charge in [-0.3, -0.25) is 0 Å². The van der Waals surface area contributed by atoms with Gasteiger partial charge in [0.05, 0.1) is 0 Å². The van der Waals surface area contributed by atoms with Gasteiger partial charge in [0.1, 0.15) is 0 Å². The van der Waals surface area contributed by atoms with Crippen molar-refractivity contribution >= 4 is 0 Å². The molecule has 0 spiro atoms. The molecule has 2 heteroatoms. The highest BCUT2D eigenvalue weighted by Gasteiger charge is 2.16. The summed E-state index contributed by atoms with van der Waals surface area (Å²) in [6.07, 6.45) is 2.51. The van der Waals surface area contributed by atoms with Crippen molar-refractivity contribution in [2.75, 3.05) is 26.7 Å². The minimum Gasteiger partial charge on any atom is -0.320 e. The van der Waals surface area contributed by atoms with Crippen LogP contribution in [0.1, 0.15) is 33.6 Å². The second-order valence-corrected chi connectivity index (χ2v) is 4.93. The Labute approximate surface area is 89.2 Å². The van der Waals surface area contributed by atoms with Crippen LogP contribution in [-0.4, -0.2) is 26.7 Å². The Balaban J connectivity index is 3.55. The Hall–Kier alpha value is -0.340. The van der Waals surface area contributed by atoms with Gasteiger partial charge in [0, 0.05) is 13.1 Å². The molecule has 0 rings (SSSR count). The smallest absolute Gasteiger partial charge is 0.0159 e. The maximum absolute atomic E-state index is 3.88. The average Bonchev–Trinajstić information content (AvgIpc) is 2.03. The number of nitrogens with one attached hydrogen (secondary N) is 2. The highest BCUT2D eigenvalue weighted by atomic mass is 14.9. The summed E-state index contributed by atoms with van der Waals surface area (Å²) < 4.78 is 0. The fraction of sp³-hybridized carbons (Fsp3) is 0.833. The summed E-state index contributed by atoms with van der Waals surface area (Å²) in [6.45, 7) is 13.7. The van der Waals surface area contributed by atoms with Crippen LogP contribution in [-0.2, 0) is 0 Å². The zero-order valence-electron chi connectivity index (χ0n) is 10.2. The van der Waals surface area contributed by atoms with Crippen molar-refractivity contribution < 1.29 is 0 Å². The molecule has 0 fully saturated rings. The minimum atomic E-state index is 0.395. The Morgan fingerprint density at radius 1 is 1.36 bits per heavy atom. The van der Waals surface area contributed by atoms with Gasteiger partial charge in [-0.15, -0.1) is 0 Å². The first-order valence-corrected chi connectivity index (χ1v) is 5.47. The molecule has 14 heavy (non-hydrogen) atoms. The summed E-state index contributed by atoms with van der Waals surface area (Å²) >= 11 is 0. The van der Waals surface area contributed by atoms with Gasteiger partial charge in [-0.05, 0) is 38.8 Å². The van der Waals surface area contributed by atoms with E-state index in [1.165, 1.54) is 18.4 Å². The van der Waals surface area contributed by atoms with E-state index in [1.54, 1.807) is 0 Å². The number of rotatable bonds is 8. The zero-order valence-corrected chi connectivity index (χ0v) is 10.2. The van der Waals surface area contributed by atoms with Crippen molar-refractivity contribution in [2.45, 2.75) is 33.6 Å². The van der Waals surface area contributed by atoms with Crippen molar-refractivity contribution in [2.24, 2.45) is 5.41 Å². The minimum absolute atomic E-state index is 0.395. The molecule has 0 aliphatic heterocycles. The summed E-state index contributed by atoms with van der Waals surface area (Å²) in [5.74, 6) is 0. The summed E-state index contributed by atoms with van der Waals surface area (Å²) in [7, 11) is 2.01. The lowest BCUT2D eigenvalue weighted by molar-refractivity contribution is 0.309. The van der Waals surface area contributed by atoms with E-state index < -0.39 is 0 Å². The first-order valence-electron chi connectivity index (χ1n) is 5.47. The quantitative estimate of drug-likeness (QED) is 0.461. The third-order valence-corrected chi connectivity index (χ3v) is 2.31. The monoisotopic (exact) mass is 198 g/mol. The molecule has 0 aromatic carbocycles. The van der Waals surface area contributed by atoms with Gasteiger partial charge in [-0.2, -0.15) is 0 Å². The standard InChI is InChI=1S/C12H26N2/c1-11(2)9-14-10-12(3,4)7-6-8-13-5/h13-14H,1,6-10H2,2-5H3. The van der Waals surface area contributed by atoms with Crippen LogP contribution in [0.2, 0.25) is 0 Å². The maximum atomic E-state index is 3.88. The van der Waals surface area contributed by atoms with Crippen molar-refractivity contribution in [1.29, 1.82) is 0 Å². The van der Waals surface area contributed by atoms with Crippen LogP contribution in [0.4, 0.5) is 0 Å². The lowest BCUT2D eigenvalue weighted by Gasteiger charge is -2.25. The molecule has 0 heterocycles. The molecule has 0 unspecified atom stereocenters. The molecule has 2 nitrogen and oxygen atoms in total. The SMILES string of the molecule is C=C(C)CNCC(C)(C)CCCNC.